The molecule has 0 unspecified atom stereocenters. The zero-order valence-corrected chi connectivity index (χ0v) is 27.4. The van der Waals surface area contributed by atoms with Gasteiger partial charge in [0.1, 0.15) is 5.82 Å². The molecule has 0 saturated heterocycles. The van der Waals surface area contributed by atoms with Crippen LogP contribution >= 0.6 is 0 Å². The van der Waals surface area contributed by atoms with Crippen LogP contribution in [0.4, 0.5) is 15.8 Å². The Bertz CT molecular complexity index is 2160. The van der Waals surface area contributed by atoms with Crippen molar-refractivity contribution < 1.29 is 4.39 Å². The molecule has 4 heteroatoms. The molecule has 0 aliphatic heterocycles. The SMILES string of the molecule is Cc1cc(C)c(B(c2ccc(Nc3ccccc3-n3c4ccccc4c4cccc(F)c43)cc2)c2c(C)cc(C)cc2C)c(C)c1. The molecule has 0 fully saturated rings. The van der Waals surface area contributed by atoms with Crippen molar-refractivity contribution >= 4 is 56.3 Å². The van der Waals surface area contributed by atoms with Crippen LogP contribution in [0.1, 0.15) is 33.4 Å². The number of benzene rings is 6. The van der Waals surface area contributed by atoms with E-state index in [1.54, 1.807) is 6.07 Å². The fourth-order valence-corrected chi connectivity index (χ4v) is 7.69. The fourth-order valence-electron chi connectivity index (χ4n) is 7.69. The molecule has 1 aromatic heterocycles. The van der Waals surface area contributed by atoms with E-state index in [2.05, 4.69) is 120 Å². The predicted molar refractivity (Wildman–Crippen MR) is 196 cm³/mol. The normalized spacial score (nSPS) is 11.4. The Balaban J connectivity index is 1.33. The standard InChI is InChI=1S/C42H38BFN2/c1-26-22-28(3)40(29(4)23-26)43(41-30(5)24-27(2)25-31(41)6)32-18-20-33(21-19-32)45-37-15-8-10-17-39(37)46-38-16-9-7-12-34(38)35-13-11-14-36(44)42(35)46/h7-25,45H,1-6H3. The van der Waals surface area contributed by atoms with E-state index in [1.807, 2.05) is 34.9 Å². The molecular weight excluding hydrogens is 562 g/mol. The van der Waals surface area contributed by atoms with Crippen LogP contribution in [0.25, 0.3) is 27.5 Å². The number of nitrogens with one attached hydrogen (secondary N) is 1. The lowest BCUT2D eigenvalue weighted by molar-refractivity contribution is 0.635. The van der Waals surface area contributed by atoms with E-state index in [0.717, 1.165) is 33.4 Å². The number of nitrogens with zero attached hydrogens (tertiary/aromatic N) is 1. The molecule has 0 saturated carbocycles. The zero-order valence-electron chi connectivity index (χ0n) is 27.4. The van der Waals surface area contributed by atoms with E-state index in [1.165, 1.54) is 55.8 Å². The molecule has 7 aromatic rings. The van der Waals surface area contributed by atoms with Gasteiger partial charge in [0.2, 0.25) is 6.71 Å². The van der Waals surface area contributed by atoms with E-state index in [-0.39, 0.29) is 12.5 Å². The molecule has 0 aliphatic carbocycles. The first kappa shape index (κ1) is 29.6. The Hall–Kier alpha value is -5.09. The van der Waals surface area contributed by atoms with E-state index in [0.29, 0.717) is 5.52 Å². The van der Waals surface area contributed by atoms with Crippen LogP contribution < -0.4 is 21.7 Å². The monoisotopic (exact) mass is 600 g/mol. The Morgan fingerprint density at radius 2 is 1.11 bits per heavy atom. The summed E-state index contributed by atoms with van der Waals surface area (Å²) in [5, 5.41) is 5.61. The number of aryl methyl sites for hydroxylation is 6. The first-order valence-electron chi connectivity index (χ1n) is 16.0. The minimum atomic E-state index is -0.234. The largest absolute Gasteiger partial charge is 0.354 e. The lowest BCUT2D eigenvalue weighted by atomic mass is 9.34. The van der Waals surface area contributed by atoms with Gasteiger partial charge in [-0.1, -0.05) is 129 Å². The highest BCUT2D eigenvalue weighted by atomic mass is 19.1. The van der Waals surface area contributed by atoms with Crippen LogP contribution in [0.3, 0.4) is 0 Å². The van der Waals surface area contributed by atoms with Gasteiger partial charge in [-0.3, -0.25) is 0 Å². The molecule has 0 aliphatic rings. The first-order chi connectivity index (χ1) is 22.2. The van der Waals surface area contributed by atoms with Gasteiger partial charge in [-0.15, -0.1) is 0 Å². The maximum atomic E-state index is 15.4. The highest BCUT2D eigenvalue weighted by Gasteiger charge is 2.28. The molecule has 2 nitrogen and oxygen atoms in total. The quantitative estimate of drug-likeness (QED) is 0.189. The number of para-hydroxylation sites is 4. The van der Waals surface area contributed by atoms with Crippen LogP contribution in [0.2, 0.25) is 0 Å². The van der Waals surface area contributed by atoms with Crippen LogP contribution in [0, 0.1) is 47.4 Å². The van der Waals surface area contributed by atoms with Crippen molar-refractivity contribution in [2.24, 2.45) is 0 Å². The van der Waals surface area contributed by atoms with Crippen molar-refractivity contribution in [3.05, 3.63) is 154 Å². The molecule has 46 heavy (non-hydrogen) atoms. The highest BCUT2D eigenvalue weighted by Crippen LogP contribution is 2.36. The van der Waals surface area contributed by atoms with Crippen molar-refractivity contribution in [2.75, 3.05) is 5.32 Å². The van der Waals surface area contributed by atoms with Crippen molar-refractivity contribution in [1.82, 2.24) is 4.57 Å². The smallest absolute Gasteiger partial charge is 0.242 e. The summed E-state index contributed by atoms with van der Waals surface area (Å²) in [5.41, 5.74) is 16.2. The second-order valence-corrected chi connectivity index (χ2v) is 12.8. The molecule has 7 rings (SSSR count). The number of anilines is 2. The Morgan fingerprint density at radius 3 is 1.74 bits per heavy atom. The summed E-state index contributed by atoms with van der Waals surface area (Å²) in [6.45, 7) is 13.4. The number of halogens is 1. The van der Waals surface area contributed by atoms with Gasteiger partial charge in [-0.25, -0.2) is 4.39 Å². The molecular formula is C42H38BFN2. The second-order valence-electron chi connectivity index (χ2n) is 12.8. The second kappa shape index (κ2) is 11.7. The van der Waals surface area contributed by atoms with Crippen LogP contribution in [0.15, 0.2) is 115 Å². The van der Waals surface area contributed by atoms with Crippen molar-refractivity contribution in [3.8, 4) is 5.69 Å². The van der Waals surface area contributed by atoms with Gasteiger partial charge in [0.25, 0.3) is 0 Å². The summed E-state index contributed by atoms with van der Waals surface area (Å²) in [6.07, 6.45) is 0. The summed E-state index contributed by atoms with van der Waals surface area (Å²) in [4.78, 5) is 0. The van der Waals surface area contributed by atoms with Crippen molar-refractivity contribution in [3.63, 3.8) is 0 Å². The summed E-state index contributed by atoms with van der Waals surface area (Å²) in [5.74, 6) is -0.234. The Kier molecular flexibility index (Phi) is 7.52. The zero-order chi connectivity index (χ0) is 32.1. The molecule has 0 atom stereocenters. The van der Waals surface area contributed by atoms with Gasteiger partial charge in [-0.05, 0) is 77.9 Å². The van der Waals surface area contributed by atoms with Crippen molar-refractivity contribution in [1.29, 1.82) is 0 Å². The Labute approximate surface area is 271 Å². The van der Waals surface area contributed by atoms with E-state index < -0.39 is 0 Å². The van der Waals surface area contributed by atoms with Gasteiger partial charge in [0.15, 0.2) is 0 Å². The summed E-state index contributed by atoms with van der Waals surface area (Å²) < 4.78 is 17.5. The average molecular weight is 601 g/mol. The molecule has 1 heterocycles. The summed E-state index contributed by atoms with van der Waals surface area (Å²) in [7, 11) is 0. The van der Waals surface area contributed by atoms with E-state index in [4.69, 9.17) is 0 Å². The molecule has 0 amide bonds. The predicted octanol–water partition coefficient (Wildman–Crippen LogP) is 9.03. The van der Waals surface area contributed by atoms with Gasteiger partial charge < -0.3 is 9.88 Å². The van der Waals surface area contributed by atoms with Gasteiger partial charge >= 0.3 is 0 Å². The van der Waals surface area contributed by atoms with Crippen LogP contribution in [0.5, 0.6) is 0 Å². The maximum Gasteiger partial charge on any atom is 0.242 e. The number of fused-ring (bicyclic) bond motifs is 3. The third-order valence-corrected chi connectivity index (χ3v) is 9.37. The summed E-state index contributed by atoms with van der Waals surface area (Å²) >= 11 is 0. The molecule has 0 bridgehead atoms. The molecule has 1 N–H and O–H groups in total. The molecule has 0 spiro atoms. The van der Waals surface area contributed by atoms with Gasteiger partial charge in [0.05, 0.1) is 22.4 Å². The van der Waals surface area contributed by atoms with Crippen LogP contribution in [-0.4, -0.2) is 11.3 Å². The number of rotatable bonds is 6. The lowest BCUT2D eigenvalue weighted by Gasteiger charge is -2.25. The highest BCUT2D eigenvalue weighted by molar-refractivity contribution is 6.96. The third kappa shape index (κ3) is 5.08. The third-order valence-electron chi connectivity index (χ3n) is 9.37. The van der Waals surface area contributed by atoms with E-state index in [9.17, 15) is 0 Å². The lowest BCUT2D eigenvalue weighted by Crippen LogP contribution is -2.55. The topological polar surface area (TPSA) is 17.0 Å². The molecule has 6 aromatic carbocycles. The molecule has 226 valence electrons. The maximum absolute atomic E-state index is 15.4. The number of hydrogen-bond acceptors (Lipinski definition) is 1. The summed E-state index contributed by atoms with van der Waals surface area (Å²) in [6, 6.07) is 39.7. The fraction of sp³-hybridized carbons (Fsp3) is 0.143. The minimum absolute atomic E-state index is 0.114. The van der Waals surface area contributed by atoms with Crippen LogP contribution in [-0.2, 0) is 0 Å². The average Bonchev–Trinajstić information content (AvgIpc) is 3.36. The number of hydrogen-bond donors (Lipinski definition) is 1. The number of aromatic nitrogens is 1. The minimum Gasteiger partial charge on any atom is -0.354 e. The van der Waals surface area contributed by atoms with Crippen molar-refractivity contribution in [2.45, 2.75) is 41.5 Å². The molecule has 0 radical (unpaired) electrons. The Morgan fingerprint density at radius 1 is 0.565 bits per heavy atom. The first-order valence-corrected chi connectivity index (χ1v) is 16.0. The van der Waals surface area contributed by atoms with E-state index >= 15 is 4.39 Å². The van der Waals surface area contributed by atoms with Gasteiger partial charge in [-0.2, -0.15) is 0 Å². The van der Waals surface area contributed by atoms with Gasteiger partial charge in [0, 0.05) is 16.5 Å².